The maximum atomic E-state index is 12.5. The third kappa shape index (κ3) is 3.40. The van der Waals surface area contributed by atoms with Crippen molar-refractivity contribution in [3.8, 4) is 5.75 Å². The number of aromatic hydroxyl groups is 1. The summed E-state index contributed by atoms with van der Waals surface area (Å²) in [6.45, 7) is 0. The third-order valence-corrected chi connectivity index (χ3v) is 3.66. The van der Waals surface area contributed by atoms with Gasteiger partial charge in [-0.25, -0.2) is 18.4 Å². The summed E-state index contributed by atoms with van der Waals surface area (Å²) in [4.78, 5) is 5.69. The highest BCUT2D eigenvalue weighted by Gasteiger charge is 2.35. The Morgan fingerprint density at radius 1 is 1.14 bits per heavy atom. The summed E-state index contributed by atoms with van der Waals surface area (Å²) < 4.78 is 63.1. The Kier molecular flexibility index (Phi) is 3.73. The summed E-state index contributed by atoms with van der Waals surface area (Å²) >= 11 is 0. The van der Waals surface area contributed by atoms with Gasteiger partial charge in [-0.1, -0.05) is 18.2 Å². The van der Waals surface area contributed by atoms with Gasteiger partial charge < -0.3 is 5.11 Å². The molecule has 112 valence electrons. The lowest BCUT2D eigenvalue weighted by Gasteiger charge is -2.10. The van der Waals surface area contributed by atoms with Crippen LogP contribution in [-0.4, -0.2) is 23.5 Å². The van der Waals surface area contributed by atoms with E-state index in [-0.39, 0.29) is 4.90 Å². The van der Waals surface area contributed by atoms with Crippen LogP contribution in [0.3, 0.4) is 0 Å². The number of hydrogen-bond donors (Lipinski definition) is 2. The van der Waals surface area contributed by atoms with Gasteiger partial charge in [-0.05, 0) is 12.1 Å². The maximum absolute atomic E-state index is 12.5. The molecule has 0 unspecified atom stereocenters. The van der Waals surface area contributed by atoms with Gasteiger partial charge >= 0.3 is 6.18 Å². The smallest absolute Gasteiger partial charge is 0.451 e. The fraction of sp³-hybridized carbons (Fsp3) is 0.0909. The molecule has 0 atom stereocenters. The first kappa shape index (κ1) is 15.0. The van der Waals surface area contributed by atoms with Gasteiger partial charge in [0, 0.05) is 0 Å². The maximum Gasteiger partial charge on any atom is 0.451 e. The Hall–Kier alpha value is -2.36. The quantitative estimate of drug-likeness (QED) is 0.903. The van der Waals surface area contributed by atoms with Crippen molar-refractivity contribution in [2.45, 2.75) is 11.1 Å². The van der Waals surface area contributed by atoms with Crippen molar-refractivity contribution >= 4 is 15.8 Å². The molecule has 0 radical (unpaired) electrons. The monoisotopic (exact) mass is 319 g/mol. The van der Waals surface area contributed by atoms with Crippen LogP contribution in [0, 0.1) is 0 Å². The number of anilines is 1. The Labute approximate surface area is 117 Å². The molecule has 0 fully saturated rings. The SMILES string of the molecule is O=S(=O)(Nc1nc(C(F)(F)F)ncc1O)c1ccccc1. The second-order valence-electron chi connectivity index (χ2n) is 3.84. The molecular weight excluding hydrogens is 311 g/mol. The van der Waals surface area contributed by atoms with Crippen molar-refractivity contribution in [1.82, 2.24) is 9.97 Å². The molecule has 2 aromatic rings. The zero-order valence-electron chi connectivity index (χ0n) is 10.2. The second-order valence-corrected chi connectivity index (χ2v) is 5.53. The molecule has 1 aromatic heterocycles. The molecule has 21 heavy (non-hydrogen) atoms. The molecule has 1 aromatic carbocycles. The minimum atomic E-state index is -4.86. The van der Waals surface area contributed by atoms with Gasteiger partial charge in [0.1, 0.15) is 0 Å². The van der Waals surface area contributed by atoms with Gasteiger partial charge in [0.05, 0.1) is 11.1 Å². The number of nitrogens with one attached hydrogen (secondary N) is 1. The van der Waals surface area contributed by atoms with E-state index < -0.39 is 33.6 Å². The van der Waals surface area contributed by atoms with Crippen LogP contribution in [0.15, 0.2) is 41.4 Å². The minimum absolute atomic E-state index is 0.184. The fourth-order valence-electron chi connectivity index (χ4n) is 1.37. The molecule has 0 aliphatic rings. The van der Waals surface area contributed by atoms with Crippen molar-refractivity contribution in [1.29, 1.82) is 0 Å². The highest BCUT2D eigenvalue weighted by molar-refractivity contribution is 7.92. The number of hydrogen-bond acceptors (Lipinski definition) is 5. The molecule has 0 spiro atoms. The van der Waals surface area contributed by atoms with Gasteiger partial charge in [0.15, 0.2) is 11.6 Å². The van der Waals surface area contributed by atoms with Crippen LogP contribution in [0.25, 0.3) is 0 Å². The Bertz CT molecular complexity index is 748. The number of benzene rings is 1. The van der Waals surface area contributed by atoms with E-state index in [0.29, 0.717) is 6.20 Å². The average Bonchev–Trinajstić information content (AvgIpc) is 2.41. The van der Waals surface area contributed by atoms with Crippen molar-refractivity contribution in [2.24, 2.45) is 0 Å². The van der Waals surface area contributed by atoms with E-state index in [1.807, 2.05) is 0 Å². The standard InChI is InChI=1S/C11H8F3N3O3S/c12-11(13,14)10-15-6-8(18)9(16-10)17-21(19,20)7-4-2-1-3-5-7/h1-6,18H,(H,15,16,17). The number of sulfonamides is 1. The van der Waals surface area contributed by atoms with E-state index in [1.54, 1.807) is 10.8 Å². The van der Waals surface area contributed by atoms with E-state index in [2.05, 4.69) is 9.97 Å². The normalized spacial score (nSPS) is 12.1. The van der Waals surface area contributed by atoms with Crippen LogP contribution < -0.4 is 4.72 Å². The average molecular weight is 319 g/mol. The minimum Gasteiger partial charge on any atom is -0.503 e. The molecule has 0 bridgehead atoms. The first-order valence-electron chi connectivity index (χ1n) is 5.41. The number of alkyl halides is 3. The van der Waals surface area contributed by atoms with E-state index in [0.717, 1.165) is 0 Å². The summed E-state index contributed by atoms with van der Waals surface area (Å²) in [6.07, 6.45) is -4.39. The largest absolute Gasteiger partial charge is 0.503 e. The van der Waals surface area contributed by atoms with Crippen LogP contribution in [0.4, 0.5) is 19.0 Å². The van der Waals surface area contributed by atoms with Crippen molar-refractivity contribution in [3.05, 3.63) is 42.4 Å². The Balaban J connectivity index is 2.40. The molecule has 0 amide bonds. The molecule has 0 saturated heterocycles. The predicted octanol–water partition coefficient (Wildman–Crippen LogP) is 2.00. The highest BCUT2D eigenvalue weighted by Crippen LogP contribution is 2.30. The van der Waals surface area contributed by atoms with E-state index >= 15 is 0 Å². The van der Waals surface area contributed by atoms with Gasteiger partial charge in [0.25, 0.3) is 10.0 Å². The van der Waals surface area contributed by atoms with Crippen molar-refractivity contribution in [3.63, 3.8) is 0 Å². The zero-order valence-corrected chi connectivity index (χ0v) is 11.0. The second kappa shape index (κ2) is 5.20. The molecule has 0 saturated carbocycles. The number of nitrogens with zero attached hydrogens (tertiary/aromatic N) is 2. The molecule has 2 rings (SSSR count). The molecule has 10 heteroatoms. The Morgan fingerprint density at radius 3 is 2.33 bits per heavy atom. The van der Waals surface area contributed by atoms with Gasteiger partial charge in [-0.3, -0.25) is 4.72 Å². The summed E-state index contributed by atoms with van der Waals surface area (Å²) in [7, 11) is -4.17. The summed E-state index contributed by atoms with van der Waals surface area (Å²) in [5, 5.41) is 9.39. The molecule has 2 N–H and O–H groups in total. The van der Waals surface area contributed by atoms with Crippen LogP contribution >= 0.6 is 0 Å². The fourth-order valence-corrected chi connectivity index (χ4v) is 2.41. The first-order chi connectivity index (χ1) is 9.70. The first-order valence-corrected chi connectivity index (χ1v) is 6.89. The number of rotatable bonds is 3. The topological polar surface area (TPSA) is 92.2 Å². The van der Waals surface area contributed by atoms with Crippen molar-refractivity contribution in [2.75, 3.05) is 4.72 Å². The van der Waals surface area contributed by atoms with Gasteiger partial charge in [0.2, 0.25) is 5.82 Å². The van der Waals surface area contributed by atoms with Crippen molar-refractivity contribution < 1.29 is 26.7 Å². The Morgan fingerprint density at radius 2 is 1.76 bits per heavy atom. The van der Waals surface area contributed by atoms with E-state index in [4.69, 9.17) is 0 Å². The highest BCUT2D eigenvalue weighted by atomic mass is 32.2. The van der Waals surface area contributed by atoms with E-state index in [9.17, 15) is 26.7 Å². The molecule has 0 aliphatic carbocycles. The summed E-state index contributed by atoms with van der Waals surface area (Å²) in [5.41, 5.74) is 0. The van der Waals surface area contributed by atoms with Crippen LogP contribution in [-0.2, 0) is 16.2 Å². The molecule has 1 heterocycles. The van der Waals surface area contributed by atoms with Crippen LogP contribution in [0.1, 0.15) is 5.82 Å². The van der Waals surface area contributed by atoms with Crippen LogP contribution in [0.2, 0.25) is 0 Å². The summed E-state index contributed by atoms with van der Waals surface area (Å²) in [5.74, 6) is -3.23. The number of halogens is 3. The number of aromatic nitrogens is 2. The lowest BCUT2D eigenvalue weighted by atomic mass is 10.4. The van der Waals surface area contributed by atoms with E-state index in [1.165, 1.54) is 24.3 Å². The lowest BCUT2D eigenvalue weighted by molar-refractivity contribution is -0.144. The van der Waals surface area contributed by atoms with Crippen LogP contribution in [0.5, 0.6) is 5.75 Å². The summed E-state index contributed by atoms with van der Waals surface area (Å²) in [6, 6.07) is 6.94. The lowest BCUT2D eigenvalue weighted by Crippen LogP contribution is -2.17. The zero-order chi connectivity index (χ0) is 15.7. The predicted molar refractivity (Wildman–Crippen MR) is 65.9 cm³/mol. The molecule has 6 nitrogen and oxygen atoms in total. The molecular formula is C11H8F3N3O3S. The van der Waals surface area contributed by atoms with Gasteiger partial charge in [-0.2, -0.15) is 13.2 Å². The third-order valence-electron chi connectivity index (χ3n) is 2.31. The molecule has 0 aliphatic heterocycles. The van der Waals surface area contributed by atoms with Gasteiger partial charge in [-0.15, -0.1) is 0 Å².